The number of hydrogen-bond donors (Lipinski definition) is 2. The molecule has 1 atom stereocenters. The van der Waals surface area contributed by atoms with Gasteiger partial charge in [-0.25, -0.2) is 0 Å². The van der Waals surface area contributed by atoms with Gasteiger partial charge < -0.3 is 10.6 Å². The highest BCUT2D eigenvalue weighted by atomic mass is 15.0. The summed E-state index contributed by atoms with van der Waals surface area (Å²) in [5.41, 5.74) is 0.651. The fourth-order valence-electron chi connectivity index (χ4n) is 2.19. The highest BCUT2D eigenvalue weighted by molar-refractivity contribution is 4.91. The molecule has 0 bridgehead atoms. The van der Waals surface area contributed by atoms with Gasteiger partial charge in [0, 0.05) is 13.1 Å². The van der Waals surface area contributed by atoms with Crippen molar-refractivity contribution >= 4 is 0 Å². The second-order valence-corrected chi connectivity index (χ2v) is 3.71. The lowest BCUT2D eigenvalue weighted by Crippen LogP contribution is -2.41. The van der Waals surface area contributed by atoms with Gasteiger partial charge in [0.25, 0.3) is 0 Å². The molecule has 2 rings (SSSR count). The van der Waals surface area contributed by atoms with Crippen molar-refractivity contribution in [3.05, 3.63) is 0 Å². The number of rotatable bonds is 0. The highest BCUT2D eigenvalue weighted by Gasteiger charge is 2.34. The van der Waals surface area contributed by atoms with Crippen LogP contribution in [0.3, 0.4) is 0 Å². The van der Waals surface area contributed by atoms with Crippen molar-refractivity contribution in [3.8, 4) is 0 Å². The van der Waals surface area contributed by atoms with Gasteiger partial charge in [-0.2, -0.15) is 0 Å². The third-order valence-electron chi connectivity index (χ3n) is 2.89. The van der Waals surface area contributed by atoms with Crippen molar-refractivity contribution in [2.24, 2.45) is 5.41 Å². The molecule has 14 heavy (non-hydrogen) atoms. The summed E-state index contributed by atoms with van der Waals surface area (Å²) < 4.78 is 0. The zero-order valence-electron chi connectivity index (χ0n) is 10.4. The molecule has 2 N–H and O–H groups in total. The van der Waals surface area contributed by atoms with Crippen LogP contribution in [0.5, 0.6) is 0 Å². The molecule has 86 valence electrons. The van der Waals surface area contributed by atoms with Gasteiger partial charge in [0.2, 0.25) is 0 Å². The lowest BCUT2D eigenvalue weighted by atomic mass is 9.80. The molecule has 2 aliphatic rings. The fraction of sp³-hybridized carbons (Fsp3) is 1.00. The molecule has 0 aromatic rings. The Hall–Kier alpha value is -0.0800. The molecular formula is C12H28N2. The summed E-state index contributed by atoms with van der Waals surface area (Å²) in [5, 5.41) is 6.92. The summed E-state index contributed by atoms with van der Waals surface area (Å²) in [5.74, 6) is 0. The summed E-state index contributed by atoms with van der Waals surface area (Å²) in [4.78, 5) is 0. The van der Waals surface area contributed by atoms with Crippen molar-refractivity contribution in [3.63, 3.8) is 0 Å². The van der Waals surface area contributed by atoms with Crippen LogP contribution < -0.4 is 10.6 Å². The van der Waals surface area contributed by atoms with Crippen molar-refractivity contribution in [2.75, 3.05) is 26.2 Å². The summed E-state index contributed by atoms with van der Waals surface area (Å²) in [6.45, 7) is 13.0. The first-order chi connectivity index (χ1) is 6.91. The Bertz CT molecular complexity index is 109. The molecule has 2 heteroatoms. The Balaban J connectivity index is 0.000000379. The molecule has 2 nitrogen and oxygen atoms in total. The number of piperidine rings is 1. The summed E-state index contributed by atoms with van der Waals surface area (Å²) in [6, 6.07) is 0. The van der Waals surface area contributed by atoms with Crippen LogP contribution in [-0.2, 0) is 0 Å². The van der Waals surface area contributed by atoms with Gasteiger partial charge in [0.15, 0.2) is 0 Å². The first-order valence-corrected chi connectivity index (χ1v) is 6.33. The molecule has 0 amide bonds. The molecule has 0 aromatic carbocycles. The third kappa shape index (κ3) is 3.97. The minimum Gasteiger partial charge on any atom is -0.316 e. The zero-order valence-corrected chi connectivity index (χ0v) is 10.4. The minimum atomic E-state index is 0.651. The van der Waals surface area contributed by atoms with E-state index >= 15 is 0 Å². The van der Waals surface area contributed by atoms with Gasteiger partial charge in [-0.3, -0.25) is 0 Å². The smallest absolute Gasteiger partial charge is 0.00205 e. The lowest BCUT2D eigenvalue weighted by Gasteiger charge is -2.32. The van der Waals surface area contributed by atoms with Crippen LogP contribution in [-0.4, -0.2) is 26.2 Å². The van der Waals surface area contributed by atoms with E-state index in [1.54, 1.807) is 0 Å². The Morgan fingerprint density at radius 3 is 1.71 bits per heavy atom. The second kappa shape index (κ2) is 8.25. The maximum atomic E-state index is 3.48. The summed E-state index contributed by atoms with van der Waals surface area (Å²) in [7, 11) is 0. The van der Waals surface area contributed by atoms with E-state index in [2.05, 4.69) is 10.6 Å². The van der Waals surface area contributed by atoms with E-state index in [0.29, 0.717) is 5.41 Å². The standard InChI is InChI=1S/C8H16N2.2C2H6/c1-2-8(6-9-4-1)3-5-10-7-8;2*1-2/h9-10H,1-7H2;2*1-2H3. The molecular weight excluding hydrogens is 172 g/mol. The van der Waals surface area contributed by atoms with Crippen molar-refractivity contribution in [1.29, 1.82) is 0 Å². The second-order valence-electron chi connectivity index (χ2n) is 3.71. The van der Waals surface area contributed by atoms with Crippen LogP contribution in [0, 0.1) is 5.41 Å². The Morgan fingerprint density at radius 1 is 0.786 bits per heavy atom. The maximum Gasteiger partial charge on any atom is 0.00205 e. The van der Waals surface area contributed by atoms with Gasteiger partial charge in [0.05, 0.1) is 0 Å². The molecule has 2 fully saturated rings. The quantitative estimate of drug-likeness (QED) is 0.627. The van der Waals surface area contributed by atoms with E-state index in [0.717, 1.165) is 0 Å². The molecule has 2 heterocycles. The predicted octanol–water partition coefficient (Wildman–Crippen LogP) is 2.40. The highest BCUT2D eigenvalue weighted by Crippen LogP contribution is 2.31. The van der Waals surface area contributed by atoms with Crippen molar-refractivity contribution in [1.82, 2.24) is 10.6 Å². The SMILES string of the molecule is C1CNCC2(C1)CCNC2.CC.CC. The van der Waals surface area contributed by atoms with Crippen LogP contribution in [0.2, 0.25) is 0 Å². The van der Waals surface area contributed by atoms with E-state index in [1.807, 2.05) is 27.7 Å². The number of hydrogen-bond acceptors (Lipinski definition) is 2. The third-order valence-corrected chi connectivity index (χ3v) is 2.89. The van der Waals surface area contributed by atoms with Crippen LogP contribution in [0.15, 0.2) is 0 Å². The van der Waals surface area contributed by atoms with E-state index in [-0.39, 0.29) is 0 Å². The van der Waals surface area contributed by atoms with E-state index < -0.39 is 0 Å². The van der Waals surface area contributed by atoms with Crippen LogP contribution in [0.25, 0.3) is 0 Å². The number of nitrogens with one attached hydrogen (secondary N) is 2. The first kappa shape index (κ1) is 13.9. The molecule has 2 aliphatic heterocycles. The largest absolute Gasteiger partial charge is 0.316 e. The average Bonchev–Trinajstić information content (AvgIpc) is 2.73. The normalized spacial score (nSPS) is 30.0. The first-order valence-electron chi connectivity index (χ1n) is 6.33. The van der Waals surface area contributed by atoms with E-state index in [4.69, 9.17) is 0 Å². The van der Waals surface area contributed by atoms with Crippen LogP contribution >= 0.6 is 0 Å². The zero-order chi connectivity index (χ0) is 10.9. The molecule has 0 aliphatic carbocycles. The van der Waals surface area contributed by atoms with Gasteiger partial charge in [-0.05, 0) is 37.8 Å². The fourth-order valence-corrected chi connectivity index (χ4v) is 2.19. The monoisotopic (exact) mass is 200 g/mol. The van der Waals surface area contributed by atoms with Crippen molar-refractivity contribution < 1.29 is 0 Å². The van der Waals surface area contributed by atoms with Gasteiger partial charge >= 0.3 is 0 Å². The van der Waals surface area contributed by atoms with Crippen molar-refractivity contribution in [2.45, 2.75) is 47.0 Å². The molecule has 1 spiro atoms. The predicted molar refractivity (Wildman–Crippen MR) is 64.7 cm³/mol. The van der Waals surface area contributed by atoms with Gasteiger partial charge in [0.1, 0.15) is 0 Å². The summed E-state index contributed by atoms with van der Waals surface area (Å²) >= 11 is 0. The van der Waals surface area contributed by atoms with Crippen LogP contribution in [0.1, 0.15) is 47.0 Å². The van der Waals surface area contributed by atoms with Crippen LogP contribution in [0.4, 0.5) is 0 Å². The Morgan fingerprint density at radius 2 is 1.36 bits per heavy atom. The average molecular weight is 200 g/mol. The maximum absolute atomic E-state index is 3.48. The Labute approximate surface area is 89.9 Å². The Kier molecular flexibility index (Phi) is 8.20. The molecule has 0 aromatic heterocycles. The molecule has 0 saturated carbocycles. The molecule has 2 saturated heterocycles. The molecule has 1 unspecified atom stereocenters. The summed E-state index contributed by atoms with van der Waals surface area (Å²) in [6.07, 6.45) is 4.20. The van der Waals surface area contributed by atoms with Gasteiger partial charge in [-0.1, -0.05) is 27.7 Å². The topological polar surface area (TPSA) is 24.1 Å². The van der Waals surface area contributed by atoms with Gasteiger partial charge in [-0.15, -0.1) is 0 Å². The lowest BCUT2D eigenvalue weighted by molar-refractivity contribution is 0.236. The van der Waals surface area contributed by atoms with E-state index in [1.165, 1.54) is 45.4 Å². The van der Waals surface area contributed by atoms with E-state index in [9.17, 15) is 0 Å². The molecule has 0 radical (unpaired) electrons. The minimum absolute atomic E-state index is 0.651.